The first-order valence-electron chi connectivity index (χ1n) is 8.29. The summed E-state index contributed by atoms with van der Waals surface area (Å²) in [7, 11) is 0. The van der Waals surface area contributed by atoms with E-state index in [0.717, 1.165) is 33.3 Å². The van der Waals surface area contributed by atoms with Gasteiger partial charge < -0.3 is 5.32 Å². The number of nitriles is 1. The molecule has 4 nitrogen and oxygen atoms in total. The molecule has 2 aromatic carbocycles. The number of anilines is 1. The van der Waals surface area contributed by atoms with Crippen molar-refractivity contribution in [2.75, 3.05) is 11.1 Å². The summed E-state index contributed by atoms with van der Waals surface area (Å²) in [4.78, 5) is 16.9. The Kier molecular flexibility index (Phi) is 5.24. The Morgan fingerprint density at radius 2 is 1.85 bits per heavy atom. The zero-order valence-electron chi connectivity index (χ0n) is 15.0. The zero-order valence-corrected chi connectivity index (χ0v) is 15.8. The molecule has 0 unspecified atom stereocenters. The van der Waals surface area contributed by atoms with Gasteiger partial charge >= 0.3 is 0 Å². The molecule has 0 atom stereocenters. The van der Waals surface area contributed by atoms with Crippen LogP contribution in [0.15, 0.2) is 47.5 Å². The van der Waals surface area contributed by atoms with Crippen molar-refractivity contribution in [2.45, 2.75) is 25.8 Å². The van der Waals surface area contributed by atoms with Gasteiger partial charge in [-0.15, -0.1) is 0 Å². The molecule has 0 saturated heterocycles. The quantitative estimate of drug-likeness (QED) is 0.680. The van der Waals surface area contributed by atoms with Gasteiger partial charge in [0.1, 0.15) is 11.1 Å². The lowest BCUT2D eigenvalue weighted by molar-refractivity contribution is -0.113. The third-order valence-corrected chi connectivity index (χ3v) is 5.45. The second-order valence-corrected chi connectivity index (χ2v) is 7.07. The number of amides is 1. The van der Waals surface area contributed by atoms with E-state index >= 15 is 0 Å². The first kappa shape index (κ1) is 18.0. The maximum atomic E-state index is 12.4. The van der Waals surface area contributed by atoms with Gasteiger partial charge in [-0.1, -0.05) is 48.2 Å². The predicted molar refractivity (Wildman–Crippen MR) is 106 cm³/mol. The molecule has 0 fully saturated rings. The van der Waals surface area contributed by atoms with Crippen molar-refractivity contribution in [3.8, 4) is 6.07 Å². The number of nitrogens with one attached hydrogen (secondary N) is 1. The Bertz CT molecular complexity index is 1030. The first-order chi connectivity index (χ1) is 12.5. The Labute approximate surface area is 157 Å². The summed E-state index contributed by atoms with van der Waals surface area (Å²) in [6.07, 6.45) is 0. The standard InChI is InChI=1S/C21H19N3OS/c1-13-14(2)18(11-22)21(23-15(13)3)26-12-20(25)24-19-10-6-8-16-7-4-5-9-17(16)19/h4-10H,12H2,1-3H3,(H,24,25). The summed E-state index contributed by atoms with van der Waals surface area (Å²) < 4.78 is 0. The molecule has 1 heterocycles. The normalized spacial score (nSPS) is 10.5. The maximum Gasteiger partial charge on any atom is 0.234 e. The van der Waals surface area contributed by atoms with E-state index in [-0.39, 0.29) is 11.7 Å². The number of benzene rings is 2. The lowest BCUT2D eigenvalue weighted by Crippen LogP contribution is -2.14. The monoisotopic (exact) mass is 361 g/mol. The van der Waals surface area contributed by atoms with E-state index in [9.17, 15) is 10.1 Å². The highest BCUT2D eigenvalue weighted by atomic mass is 32.2. The number of carbonyl (C=O) groups excluding carboxylic acids is 1. The Morgan fingerprint density at radius 1 is 1.12 bits per heavy atom. The number of thioether (sulfide) groups is 1. The Hall–Kier alpha value is -2.84. The average molecular weight is 361 g/mol. The molecule has 3 rings (SSSR count). The van der Waals surface area contributed by atoms with Crippen molar-refractivity contribution in [2.24, 2.45) is 0 Å². The fraction of sp³-hybridized carbons (Fsp3) is 0.190. The molecule has 1 aromatic heterocycles. The summed E-state index contributed by atoms with van der Waals surface area (Å²) in [6, 6.07) is 16.0. The predicted octanol–water partition coefficient (Wildman–Crippen LogP) is 4.76. The highest BCUT2D eigenvalue weighted by Gasteiger charge is 2.14. The van der Waals surface area contributed by atoms with Gasteiger partial charge in [-0.05, 0) is 43.4 Å². The number of rotatable bonds is 4. The van der Waals surface area contributed by atoms with Gasteiger partial charge in [0.15, 0.2) is 0 Å². The number of nitrogens with zero attached hydrogens (tertiary/aromatic N) is 2. The number of fused-ring (bicyclic) bond motifs is 1. The van der Waals surface area contributed by atoms with Gasteiger partial charge in [0.2, 0.25) is 5.91 Å². The Balaban J connectivity index is 1.77. The molecule has 3 aromatic rings. The number of hydrogen-bond acceptors (Lipinski definition) is 4. The lowest BCUT2D eigenvalue weighted by Gasteiger charge is -2.12. The molecule has 0 saturated carbocycles. The number of hydrogen-bond donors (Lipinski definition) is 1. The third kappa shape index (κ3) is 3.56. The van der Waals surface area contributed by atoms with Crippen LogP contribution < -0.4 is 5.32 Å². The lowest BCUT2D eigenvalue weighted by atomic mass is 10.1. The van der Waals surface area contributed by atoms with Gasteiger partial charge in [0.25, 0.3) is 0 Å². The molecule has 26 heavy (non-hydrogen) atoms. The van der Waals surface area contributed by atoms with Crippen LogP contribution in [0.3, 0.4) is 0 Å². The molecule has 0 radical (unpaired) electrons. The molecule has 0 aliphatic heterocycles. The van der Waals surface area contributed by atoms with E-state index in [2.05, 4.69) is 16.4 Å². The van der Waals surface area contributed by atoms with Crippen molar-refractivity contribution < 1.29 is 4.79 Å². The van der Waals surface area contributed by atoms with E-state index in [1.807, 2.05) is 63.2 Å². The molecule has 0 aliphatic rings. The summed E-state index contributed by atoms with van der Waals surface area (Å²) in [5.41, 5.74) is 4.18. The zero-order chi connectivity index (χ0) is 18.7. The van der Waals surface area contributed by atoms with Gasteiger partial charge in [0, 0.05) is 16.8 Å². The number of aromatic nitrogens is 1. The number of pyridine rings is 1. The average Bonchev–Trinajstić information content (AvgIpc) is 2.65. The number of aryl methyl sites for hydroxylation is 1. The van der Waals surface area contributed by atoms with Gasteiger partial charge in [-0.3, -0.25) is 4.79 Å². The molecular formula is C21H19N3OS. The van der Waals surface area contributed by atoms with E-state index in [4.69, 9.17) is 0 Å². The molecule has 0 spiro atoms. The van der Waals surface area contributed by atoms with Crippen molar-refractivity contribution in [3.05, 3.63) is 64.8 Å². The van der Waals surface area contributed by atoms with Crippen LogP contribution in [-0.2, 0) is 4.79 Å². The molecule has 130 valence electrons. The maximum absolute atomic E-state index is 12.4. The molecule has 1 N–H and O–H groups in total. The second kappa shape index (κ2) is 7.59. The smallest absolute Gasteiger partial charge is 0.234 e. The van der Waals surface area contributed by atoms with Crippen molar-refractivity contribution in [3.63, 3.8) is 0 Å². The second-order valence-electron chi connectivity index (χ2n) is 6.10. The summed E-state index contributed by atoms with van der Waals surface area (Å²) in [5.74, 6) is 0.0836. The fourth-order valence-corrected chi connectivity index (χ4v) is 3.69. The minimum Gasteiger partial charge on any atom is -0.325 e. The SMILES string of the molecule is Cc1nc(SCC(=O)Nc2cccc3ccccc23)c(C#N)c(C)c1C. The highest BCUT2D eigenvalue weighted by Crippen LogP contribution is 2.27. The minimum atomic E-state index is -0.118. The van der Waals surface area contributed by atoms with Crippen LogP contribution in [0.25, 0.3) is 10.8 Å². The van der Waals surface area contributed by atoms with Crippen molar-refractivity contribution >= 4 is 34.1 Å². The highest BCUT2D eigenvalue weighted by molar-refractivity contribution is 8.00. The van der Waals surface area contributed by atoms with Crippen LogP contribution in [-0.4, -0.2) is 16.6 Å². The van der Waals surface area contributed by atoms with E-state index < -0.39 is 0 Å². The van der Waals surface area contributed by atoms with E-state index in [1.165, 1.54) is 11.8 Å². The van der Waals surface area contributed by atoms with Crippen LogP contribution in [0, 0.1) is 32.1 Å². The van der Waals surface area contributed by atoms with Crippen molar-refractivity contribution in [1.82, 2.24) is 4.98 Å². The van der Waals surface area contributed by atoms with Gasteiger partial charge in [-0.2, -0.15) is 5.26 Å². The third-order valence-electron chi connectivity index (χ3n) is 4.48. The molecular weight excluding hydrogens is 342 g/mol. The fourth-order valence-electron chi connectivity index (χ4n) is 2.80. The largest absolute Gasteiger partial charge is 0.325 e. The van der Waals surface area contributed by atoms with Crippen molar-refractivity contribution in [1.29, 1.82) is 5.26 Å². The summed E-state index contributed by atoms with van der Waals surface area (Å²) >= 11 is 1.30. The molecule has 0 aliphatic carbocycles. The molecule has 0 bridgehead atoms. The minimum absolute atomic E-state index is 0.118. The summed E-state index contributed by atoms with van der Waals surface area (Å²) in [5, 5.41) is 15.1. The summed E-state index contributed by atoms with van der Waals surface area (Å²) in [6.45, 7) is 5.80. The molecule has 5 heteroatoms. The Morgan fingerprint density at radius 3 is 2.62 bits per heavy atom. The first-order valence-corrected chi connectivity index (χ1v) is 9.28. The van der Waals surface area contributed by atoms with Gasteiger partial charge in [0.05, 0.1) is 11.3 Å². The van der Waals surface area contributed by atoms with Crippen LogP contribution in [0.1, 0.15) is 22.4 Å². The van der Waals surface area contributed by atoms with Crippen LogP contribution >= 0.6 is 11.8 Å². The van der Waals surface area contributed by atoms with Crippen LogP contribution in [0.2, 0.25) is 0 Å². The van der Waals surface area contributed by atoms with E-state index in [0.29, 0.717) is 10.6 Å². The van der Waals surface area contributed by atoms with Crippen LogP contribution in [0.5, 0.6) is 0 Å². The van der Waals surface area contributed by atoms with E-state index in [1.54, 1.807) is 0 Å². The number of carbonyl (C=O) groups is 1. The van der Waals surface area contributed by atoms with Crippen LogP contribution in [0.4, 0.5) is 5.69 Å². The van der Waals surface area contributed by atoms with Gasteiger partial charge in [-0.25, -0.2) is 4.98 Å². The molecule has 1 amide bonds. The topological polar surface area (TPSA) is 65.8 Å².